The summed E-state index contributed by atoms with van der Waals surface area (Å²) in [5.74, 6) is -3.35. The van der Waals surface area contributed by atoms with Crippen LogP contribution in [-0.2, 0) is 15.0 Å². The van der Waals surface area contributed by atoms with Crippen molar-refractivity contribution < 1.29 is 19.5 Å². The highest BCUT2D eigenvalue weighted by Gasteiger charge is 2.68. The van der Waals surface area contributed by atoms with Crippen LogP contribution >= 0.6 is 27.5 Å². The highest BCUT2D eigenvalue weighted by atomic mass is 79.9. The van der Waals surface area contributed by atoms with Gasteiger partial charge in [0.25, 0.3) is 5.91 Å². The molecular formula is C32H21BrClN3O4. The molecule has 41 heavy (non-hydrogen) atoms. The number of para-hydroxylation sites is 1. The fraction of sp³-hybridized carbons (Fsp3) is 0.125. The molecule has 2 bridgehead atoms. The number of nitrogens with one attached hydrogen (secondary N) is 1. The molecule has 4 aromatic carbocycles. The molecule has 3 aliphatic carbocycles. The average molecular weight is 627 g/mol. The summed E-state index contributed by atoms with van der Waals surface area (Å²) in [6, 6.07) is 26.9. The summed E-state index contributed by atoms with van der Waals surface area (Å²) in [7, 11) is 0. The van der Waals surface area contributed by atoms with E-state index in [1.807, 2.05) is 48.5 Å². The lowest BCUT2D eigenvalue weighted by molar-refractivity contribution is -0.122. The lowest BCUT2D eigenvalue weighted by Crippen LogP contribution is -2.54. The number of phenolic OH excluding ortho intramolecular Hbond substituents is 1. The van der Waals surface area contributed by atoms with Gasteiger partial charge < -0.3 is 5.11 Å². The first-order valence-corrected chi connectivity index (χ1v) is 14.2. The van der Waals surface area contributed by atoms with Crippen molar-refractivity contribution in [2.24, 2.45) is 16.9 Å². The molecule has 0 aromatic heterocycles. The number of carbonyl (C=O) groups excluding carboxylic acids is 3. The van der Waals surface area contributed by atoms with Gasteiger partial charge in [0.1, 0.15) is 5.75 Å². The van der Waals surface area contributed by atoms with E-state index >= 15 is 0 Å². The highest BCUT2D eigenvalue weighted by molar-refractivity contribution is 9.10. The van der Waals surface area contributed by atoms with Crippen molar-refractivity contribution in [2.45, 2.75) is 11.3 Å². The van der Waals surface area contributed by atoms with Gasteiger partial charge in [-0.3, -0.25) is 14.4 Å². The molecule has 1 heterocycles. The molecule has 202 valence electrons. The van der Waals surface area contributed by atoms with Crippen LogP contribution in [0.3, 0.4) is 0 Å². The Bertz CT molecular complexity index is 1770. The summed E-state index contributed by atoms with van der Waals surface area (Å²) >= 11 is 9.81. The summed E-state index contributed by atoms with van der Waals surface area (Å²) < 4.78 is 0.619. The van der Waals surface area contributed by atoms with E-state index in [2.05, 4.69) is 26.5 Å². The number of hydrogen-bond acceptors (Lipinski definition) is 5. The number of hydrogen-bond donors (Lipinski definition) is 2. The number of phenols is 1. The molecule has 0 saturated carbocycles. The van der Waals surface area contributed by atoms with Gasteiger partial charge in [-0.05, 0) is 52.6 Å². The van der Waals surface area contributed by atoms with E-state index in [1.54, 1.807) is 36.5 Å². The third-order valence-corrected chi connectivity index (χ3v) is 9.23. The van der Waals surface area contributed by atoms with E-state index in [1.165, 1.54) is 17.0 Å². The van der Waals surface area contributed by atoms with Crippen LogP contribution in [-0.4, -0.2) is 29.0 Å². The van der Waals surface area contributed by atoms with E-state index in [-0.39, 0.29) is 29.0 Å². The van der Waals surface area contributed by atoms with E-state index in [0.717, 1.165) is 22.3 Å². The summed E-state index contributed by atoms with van der Waals surface area (Å²) in [6.07, 6.45) is 1.58. The van der Waals surface area contributed by atoms with Crippen molar-refractivity contribution in [1.29, 1.82) is 0 Å². The highest BCUT2D eigenvalue weighted by Crippen LogP contribution is 2.63. The zero-order chi connectivity index (χ0) is 28.5. The largest absolute Gasteiger partial charge is 0.507 e. The van der Waals surface area contributed by atoms with Crippen molar-refractivity contribution in [3.8, 4) is 5.75 Å². The predicted octanol–water partition coefficient (Wildman–Crippen LogP) is 5.77. The van der Waals surface area contributed by atoms with Crippen molar-refractivity contribution in [3.05, 3.63) is 128 Å². The first kappa shape index (κ1) is 25.7. The third-order valence-electron chi connectivity index (χ3n) is 8.41. The van der Waals surface area contributed by atoms with Crippen molar-refractivity contribution in [3.63, 3.8) is 0 Å². The second kappa shape index (κ2) is 9.39. The number of halogens is 2. The number of imide groups is 1. The van der Waals surface area contributed by atoms with E-state index in [0.29, 0.717) is 15.2 Å². The lowest BCUT2D eigenvalue weighted by atomic mass is 9.47. The Kier molecular flexibility index (Phi) is 5.88. The van der Waals surface area contributed by atoms with Crippen LogP contribution in [0.1, 0.15) is 38.5 Å². The van der Waals surface area contributed by atoms with Gasteiger partial charge >= 0.3 is 0 Å². The molecule has 0 spiro atoms. The maximum Gasteiger partial charge on any atom is 0.275 e. The number of hydrazone groups is 1. The number of aromatic hydroxyl groups is 1. The van der Waals surface area contributed by atoms with Crippen LogP contribution in [0.15, 0.2) is 101 Å². The van der Waals surface area contributed by atoms with Gasteiger partial charge in [-0.15, -0.1) is 0 Å². The Labute approximate surface area is 248 Å². The van der Waals surface area contributed by atoms with E-state index in [9.17, 15) is 19.5 Å². The molecular weight excluding hydrogens is 606 g/mol. The zero-order valence-corrected chi connectivity index (χ0v) is 23.6. The Hall–Kier alpha value is -4.27. The first-order chi connectivity index (χ1) is 19.8. The Morgan fingerprint density at radius 2 is 1.56 bits per heavy atom. The molecule has 1 saturated heterocycles. The SMILES string of the molecule is O=C(N/N=C\C12c3ccccc3C(c3ccccc31)[C@H]1C(=O)N(c3ccccc3Cl)C(=O)[C@@H]12)c1cc(Br)ccc1O. The van der Waals surface area contributed by atoms with Gasteiger partial charge in [0.2, 0.25) is 11.8 Å². The standard InChI is InChI=1S/C32H21BrClN3O4/c33-17-13-14-25(38)20(15-17)29(39)36-35-16-32-21-9-3-1-7-18(21)26(19-8-2-4-10-22(19)32)27-28(32)31(41)37(30(27)40)24-12-6-5-11-23(24)34/h1-16,26-28,38H,(H,36,39)/b35-16-/t26?,27-,28-,32?/m1/s1. The molecule has 1 aliphatic heterocycles. The number of rotatable bonds is 4. The number of carbonyl (C=O) groups is 3. The van der Waals surface area contributed by atoms with Crippen LogP contribution in [0, 0.1) is 11.8 Å². The topological polar surface area (TPSA) is 99.1 Å². The molecule has 3 amide bonds. The van der Waals surface area contributed by atoms with Gasteiger partial charge in [0.15, 0.2) is 0 Å². The minimum absolute atomic E-state index is 0.0390. The number of anilines is 1. The van der Waals surface area contributed by atoms with Gasteiger partial charge in [0.05, 0.1) is 33.5 Å². The minimum Gasteiger partial charge on any atom is -0.507 e. The molecule has 2 atom stereocenters. The van der Waals surface area contributed by atoms with E-state index < -0.39 is 23.2 Å². The fourth-order valence-corrected chi connectivity index (χ4v) is 7.44. The van der Waals surface area contributed by atoms with Gasteiger partial charge in [-0.1, -0.05) is 88.2 Å². The quantitative estimate of drug-likeness (QED) is 0.171. The average Bonchev–Trinajstić information content (AvgIpc) is 3.25. The normalized spacial score (nSPS) is 23.9. The second-order valence-corrected chi connectivity index (χ2v) is 11.7. The maximum absolute atomic E-state index is 14.4. The Balaban J connectivity index is 1.41. The molecule has 0 radical (unpaired) electrons. The second-order valence-electron chi connectivity index (χ2n) is 10.3. The fourth-order valence-electron chi connectivity index (χ4n) is 6.86. The smallest absolute Gasteiger partial charge is 0.275 e. The van der Waals surface area contributed by atoms with Crippen LogP contribution in [0.5, 0.6) is 5.75 Å². The lowest BCUT2D eigenvalue weighted by Gasteiger charge is -2.52. The monoisotopic (exact) mass is 625 g/mol. The van der Waals surface area contributed by atoms with Crippen LogP contribution in [0.4, 0.5) is 5.69 Å². The molecule has 9 heteroatoms. The summed E-state index contributed by atoms with van der Waals surface area (Å²) in [4.78, 5) is 42.8. The predicted molar refractivity (Wildman–Crippen MR) is 158 cm³/mol. The zero-order valence-electron chi connectivity index (χ0n) is 21.3. The van der Waals surface area contributed by atoms with Gasteiger partial charge in [-0.25, -0.2) is 10.3 Å². The number of amides is 3. The number of benzene rings is 4. The third kappa shape index (κ3) is 3.57. The van der Waals surface area contributed by atoms with Crippen molar-refractivity contribution in [2.75, 3.05) is 4.90 Å². The molecule has 0 unspecified atom stereocenters. The summed E-state index contributed by atoms with van der Waals surface area (Å²) in [5, 5.41) is 14.9. The molecule has 1 fully saturated rings. The maximum atomic E-state index is 14.4. The first-order valence-electron chi connectivity index (χ1n) is 13.0. The summed E-state index contributed by atoms with van der Waals surface area (Å²) in [5.41, 5.74) is 5.36. The molecule has 8 rings (SSSR count). The van der Waals surface area contributed by atoms with Crippen LogP contribution in [0.25, 0.3) is 0 Å². The van der Waals surface area contributed by atoms with E-state index in [4.69, 9.17) is 11.6 Å². The van der Waals surface area contributed by atoms with Crippen molar-refractivity contribution in [1.82, 2.24) is 5.43 Å². The van der Waals surface area contributed by atoms with Crippen molar-refractivity contribution >= 4 is 57.2 Å². The van der Waals surface area contributed by atoms with Crippen LogP contribution in [0.2, 0.25) is 5.02 Å². The number of nitrogens with zero attached hydrogens (tertiary/aromatic N) is 2. The minimum atomic E-state index is -1.15. The molecule has 2 N–H and O–H groups in total. The molecule has 7 nitrogen and oxygen atoms in total. The molecule has 4 aromatic rings. The summed E-state index contributed by atoms with van der Waals surface area (Å²) in [6.45, 7) is 0. The Morgan fingerprint density at radius 1 is 0.927 bits per heavy atom. The molecule has 4 aliphatic rings. The van der Waals surface area contributed by atoms with Gasteiger partial charge in [0, 0.05) is 16.6 Å². The van der Waals surface area contributed by atoms with Gasteiger partial charge in [-0.2, -0.15) is 5.10 Å². The Morgan fingerprint density at radius 3 is 2.24 bits per heavy atom. The van der Waals surface area contributed by atoms with Crippen LogP contribution < -0.4 is 10.3 Å².